The van der Waals surface area contributed by atoms with Gasteiger partial charge in [-0.25, -0.2) is 4.39 Å². The number of aromatic nitrogens is 1. The SMILES string of the molecule is COc1cc2c(cc1OC)C(C)N(C(=O)c1cc3cc(F)ccc3[nH]1)CC2. The van der Waals surface area contributed by atoms with Crippen LogP contribution < -0.4 is 9.47 Å². The molecule has 1 aliphatic rings. The number of carbonyl (C=O) groups is 1. The van der Waals surface area contributed by atoms with Crippen LogP contribution in [0.5, 0.6) is 11.5 Å². The number of H-pyrrole nitrogens is 1. The van der Waals surface area contributed by atoms with Gasteiger partial charge >= 0.3 is 0 Å². The highest BCUT2D eigenvalue weighted by atomic mass is 19.1. The molecule has 0 radical (unpaired) electrons. The summed E-state index contributed by atoms with van der Waals surface area (Å²) in [6, 6.07) is 9.98. The Morgan fingerprint density at radius 3 is 2.63 bits per heavy atom. The van der Waals surface area contributed by atoms with Gasteiger partial charge in [0.1, 0.15) is 11.5 Å². The minimum Gasteiger partial charge on any atom is -0.493 e. The standard InChI is InChI=1S/C21H21FN2O3/c1-12-16-11-20(27-3)19(26-2)10-13(16)6-7-24(12)21(25)18-9-14-8-15(22)4-5-17(14)23-18/h4-5,8-12,23H,6-7H2,1-3H3. The quantitative estimate of drug-likeness (QED) is 0.758. The number of methoxy groups -OCH3 is 2. The van der Waals surface area contributed by atoms with Crippen LogP contribution in [0.3, 0.4) is 0 Å². The molecular formula is C21H21FN2O3. The molecule has 3 aromatic rings. The van der Waals surface area contributed by atoms with Crippen LogP contribution in [0.1, 0.15) is 34.6 Å². The third-order valence-electron chi connectivity index (χ3n) is 5.26. The topological polar surface area (TPSA) is 54.6 Å². The molecule has 5 nitrogen and oxygen atoms in total. The van der Waals surface area contributed by atoms with Gasteiger partial charge < -0.3 is 19.4 Å². The zero-order chi connectivity index (χ0) is 19.1. The average molecular weight is 368 g/mol. The second kappa shape index (κ2) is 6.61. The van der Waals surface area contributed by atoms with Crippen molar-refractivity contribution in [2.75, 3.05) is 20.8 Å². The van der Waals surface area contributed by atoms with Crippen molar-refractivity contribution in [3.63, 3.8) is 0 Å². The molecular weight excluding hydrogens is 347 g/mol. The molecule has 1 N–H and O–H groups in total. The number of nitrogens with zero attached hydrogens (tertiary/aromatic N) is 1. The van der Waals surface area contributed by atoms with Crippen molar-refractivity contribution in [3.05, 3.63) is 59.0 Å². The maximum atomic E-state index is 13.4. The van der Waals surface area contributed by atoms with E-state index in [0.29, 0.717) is 29.1 Å². The Bertz CT molecular complexity index is 1030. The second-order valence-electron chi connectivity index (χ2n) is 6.75. The van der Waals surface area contributed by atoms with E-state index in [1.165, 1.54) is 12.1 Å². The lowest BCUT2D eigenvalue weighted by atomic mass is 9.92. The highest BCUT2D eigenvalue weighted by molar-refractivity contribution is 5.98. The molecule has 2 aromatic carbocycles. The van der Waals surface area contributed by atoms with E-state index in [1.807, 2.05) is 24.0 Å². The highest BCUT2D eigenvalue weighted by Crippen LogP contribution is 2.38. The van der Waals surface area contributed by atoms with Crippen molar-refractivity contribution in [1.82, 2.24) is 9.88 Å². The fourth-order valence-corrected chi connectivity index (χ4v) is 3.80. The maximum absolute atomic E-state index is 13.4. The van der Waals surface area contributed by atoms with Gasteiger partial charge in [-0.15, -0.1) is 0 Å². The second-order valence-corrected chi connectivity index (χ2v) is 6.75. The molecule has 6 heteroatoms. The Hall–Kier alpha value is -3.02. The molecule has 0 saturated carbocycles. The van der Waals surface area contributed by atoms with Gasteiger partial charge in [0.15, 0.2) is 11.5 Å². The summed E-state index contributed by atoms with van der Waals surface area (Å²) < 4.78 is 24.2. The van der Waals surface area contributed by atoms with Gasteiger partial charge in [-0.2, -0.15) is 0 Å². The summed E-state index contributed by atoms with van der Waals surface area (Å²) in [5, 5.41) is 0.690. The molecule has 1 aliphatic heterocycles. The van der Waals surface area contributed by atoms with Crippen molar-refractivity contribution in [2.24, 2.45) is 0 Å². The number of rotatable bonds is 3. The Morgan fingerprint density at radius 2 is 1.89 bits per heavy atom. The van der Waals surface area contributed by atoms with E-state index < -0.39 is 0 Å². The molecule has 1 amide bonds. The lowest BCUT2D eigenvalue weighted by Crippen LogP contribution is -2.39. The van der Waals surface area contributed by atoms with Crippen LogP contribution in [0.25, 0.3) is 10.9 Å². The maximum Gasteiger partial charge on any atom is 0.270 e. The smallest absolute Gasteiger partial charge is 0.270 e. The number of benzene rings is 2. The van der Waals surface area contributed by atoms with E-state index in [1.54, 1.807) is 26.4 Å². The summed E-state index contributed by atoms with van der Waals surface area (Å²) in [5.74, 6) is 0.931. The predicted molar refractivity (Wildman–Crippen MR) is 101 cm³/mol. The molecule has 27 heavy (non-hydrogen) atoms. The molecule has 2 heterocycles. The monoisotopic (exact) mass is 368 g/mol. The molecule has 0 saturated heterocycles. The first kappa shape index (κ1) is 17.4. The molecule has 0 fully saturated rings. The molecule has 1 unspecified atom stereocenters. The summed E-state index contributed by atoms with van der Waals surface area (Å²) in [4.78, 5) is 18.0. The number of ether oxygens (including phenoxy) is 2. The van der Waals surface area contributed by atoms with E-state index in [0.717, 1.165) is 23.1 Å². The number of amides is 1. The predicted octanol–water partition coefficient (Wildman–Crippen LogP) is 4.08. The molecule has 1 atom stereocenters. The van der Waals surface area contributed by atoms with Crippen LogP contribution in [0.4, 0.5) is 4.39 Å². The zero-order valence-corrected chi connectivity index (χ0v) is 15.5. The van der Waals surface area contributed by atoms with Gasteiger partial charge in [-0.3, -0.25) is 4.79 Å². The number of halogens is 1. The van der Waals surface area contributed by atoms with Crippen molar-refractivity contribution in [3.8, 4) is 11.5 Å². The van der Waals surface area contributed by atoms with Crippen LogP contribution >= 0.6 is 0 Å². The van der Waals surface area contributed by atoms with E-state index in [2.05, 4.69) is 4.98 Å². The number of aromatic amines is 1. The molecule has 0 bridgehead atoms. The van der Waals surface area contributed by atoms with Gasteiger partial charge in [0.2, 0.25) is 0 Å². The van der Waals surface area contributed by atoms with Crippen molar-refractivity contribution < 1.29 is 18.7 Å². The van der Waals surface area contributed by atoms with Gasteiger partial charge in [-0.05, 0) is 60.9 Å². The number of nitrogens with one attached hydrogen (secondary N) is 1. The summed E-state index contributed by atoms with van der Waals surface area (Å²) in [5.41, 5.74) is 3.42. The van der Waals surface area contributed by atoms with Crippen molar-refractivity contribution in [2.45, 2.75) is 19.4 Å². The summed E-state index contributed by atoms with van der Waals surface area (Å²) in [6.45, 7) is 2.61. The molecule has 0 spiro atoms. The minimum absolute atomic E-state index is 0.0976. The number of fused-ring (bicyclic) bond motifs is 2. The Kier molecular flexibility index (Phi) is 4.26. The summed E-state index contributed by atoms with van der Waals surface area (Å²) in [6.07, 6.45) is 0.737. The van der Waals surface area contributed by atoms with Crippen LogP contribution in [0.2, 0.25) is 0 Å². The average Bonchev–Trinajstić information content (AvgIpc) is 3.10. The van der Waals surface area contributed by atoms with Crippen LogP contribution in [0.15, 0.2) is 36.4 Å². The van der Waals surface area contributed by atoms with Crippen LogP contribution in [-0.2, 0) is 6.42 Å². The van der Waals surface area contributed by atoms with Gasteiger partial charge in [0.25, 0.3) is 5.91 Å². The molecule has 1 aromatic heterocycles. The first-order valence-corrected chi connectivity index (χ1v) is 8.86. The molecule has 140 valence electrons. The third-order valence-corrected chi connectivity index (χ3v) is 5.26. The Morgan fingerprint density at radius 1 is 1.15 bits per heavy atom. The minimum atomic E-state index is -0.318. The first-order valence-electron chi connectivity index (χ1n) is 8.86. The van der Waals surface area contributed by atoms with E-state index in [9.17, 15) is 9.18 Å². The number of hydrogen-bond donors (Lipinski definition) is 1. The van der Waals surface area contributed by atoms with E-state index >= 15 is 0 Å². The Balaban J connectivity index is 1.67. The fraction of sp³-hybridized carbons (Fsp3) is 0.286. The van der Waals surface area contributed by atoms with E-state index in [4.69, 9.17) is 9.47 Å². The molecule has 0 aliphatic carbocycles. The van der Waals surface area contributed by atoms with Crippen LogP contribution in [0, 0.1) is 5.82 Å². The lowest BCUT2D eigenvalue weighted by molar-refractivity contribution is 0.0672. The third kappa shape index (κ3) is 2.91. The van der Waals surface area contributed by atoms with Crippen LogP contribution in [-0.4, -0.2) is 36.6 Å². The Labute approximate surface area is 156 Å². The molecule has 4 rings (SSSR count). The highest BCUT2D eigenvalue weighted by Gasteiger charge is 2.30. The lowest BCUT2D eigenvalue weighted by Gasteiger charge is -2.35. The fourth-order valence-electron chi connectivity index (χ4n) is 3.80. The van der Waals surface area contributed by atoms with Gasteiger partial charge in [0, 0.05) is 17.4 Å². The van der Waals surface area contributed by atoms with Gasteiger partial charge in [-0.1, -0.05) is 0 Å². The first-order chi connectivity index (χ1) is 13.0. The zero-order valence-electron chi connectivity index (χ0n) is 15.5. The van der Waals surface area contributed by atoms with E-state index in [-0.39, 0.29) is 17.8 Å². The number of carbonyl (C=O) groups excluding carboxylic acids is 1. The summed E-state index contributed by atoms with van der Waals surface area (Å²) in [7, 11) is 3.22. The van der Waals surface area contributed by atoms with Crippen molar-refractivity contribution in [1.29, 1.82) is 0 Å². The van der Waals surface area contributed by atoms with Gasteiger partial charge in [0.05, 0.1) is 20.3 Å². The van der Waals surface area contributed by atoms with Crippen molar-refractivity contribution >= 4 is 16.8 Å². The normalized spacial score (nSPS) is 16.3. The largest absolute Gasteiger partial charge is 0.493 e. The summed E-state index contributed by atoms with van der Waals surface area (Å²) >= 11 is 0. The number of hydrogen-bond acceptors (Lipinski definition) is 3.